The molecule has 1 aromatic heterocycles. The molecule has 1 atom stereocenters. The molecule has 0 aliphatic heterocycles. The maximum absolute atomic E-state index is 13.2. The Hall–Kier alpha value is -3.12. The molecule has 6 nitrogen and oxygen atoms in total. The molecule has 0 saturated heterocycles. The second kappa shape index (κ2) is 9.59. The van der Waals surface area contributed by atoms with E-state index in [1.807, 2.05) is 68.7 Å². The van der Waals surface area contributed by atoms with Crippen molar-refractivity contribution >= 4 is 5.91 Å². The van der Waals surface area contributed by atoms with E-state index in [1.54, 1.807) is 18.0 Å². The third-order valence-electron chi connectivity index (χ3n) is 5.25. The summed E-state index contributed by atoms with van der Waals surface area (Å²) in [6.07, 6.45) is 1.78. The zero-order valence-electron chi connectivity index (χ0n) is 18.3. The number of nitrogens with one attached hydrogen (secondary N) is 1. The zero-order chi connectivity index (χ0) is 21.7. The van der Waals surface area contributed by atoms with E-state index in [0.717, 1.165) is 11.3 Å². The van der Waals surface area contributed by atoms with E-state index in [0.29, 0.717) is 29.5 Å². The third kappa shape index (κ3) is 4.71. The van der Waals surface area contributed by atoms with Crippen molar-refractivity contribution in [1.82, 2.24) is 20.0 Å². The summed E-state index contributed by atoms with van der Waals surface area (Å²) in [5, 5.41) is 7.84. The summed E-state index contributed by atoms with van der Waals surface area (Å²) < 4.78 is 7.26. The molecule has 0 aliphatic carbocycles. The number of nitrogens with zero attached hydrogens (tertiary/aromatic N) is 3. The number of rotatable bonds is 8. The van der Waals surface area contributed by atoms with Crippen LogP contribution in [0.2, 0.25) is 0 Å². The molecule has 0 fully saturated rings. The Morgan fingerprint density at radius 3 is 2.40 bits per heavy atom. The molecule has 6 heteroatoms. The first-order valence-electron chi connectivity index (χ1n) is 10.2. The highest BCUT2D eigenvalue weighted by molar-refractivity contribution is 6.00. The number of likely N-dealkylation sites (N-methyl/N-ethyl adjacent to an activating group) is 1. The van der Waals surface area contributed by atoms with Gasteiger partial charge in [0.05, 0.1) is 18.4 Å². The van der Waals surface area contributed by atoms with Crippen LogP contribution in [-0.2, 0) is 0 Å². The van der Waals surface area contributed by atoms with Crippen LogP contribution in [0.15, 0.2) is 60.8 Å². The fourth-order valence-corrected chi connectivity index (χ4v) is 3.60. The van der Waals surface area contributed by atoms with Crippen molar-refractivity contribution in [2.45, 2.75) is 19.9 Å². The lowest BCUT2D eigenvalue weighted by atomic mass is 10.0. The minimum Gasteiger partial charge on any atom is -0.496 e. The summed E-state index contributed by atoms with van der Waals surface area (Å²) in [4.78, 5) is 15.3. The molecule has 0 radical (unpaired) electrons. The van der Waals surface area contributed by atoms with Crippen LogP contribution in [0.3, 0.4) is 0 Å². The molecule has 1 heterocycles. The smallest absolute Gasteiger partial charge is 0.255 e. The maximum Gasteiger partial charge on any atom is 0.255 e. The maximum atomic E-state index is 13.2. The van der Waals surface area contributed by atoms with E-state index in [2.05, 4.69) is 24.1 Å². The summed E-state index contributed by atoms with van der Waals surface area (Å²) in [6, 6.07) is 17.6. The van der Waals surface area contributed by atoms with Crippen LogP contribution < -0.4 is 10.1 Å². The zero-order valence-corrected chi connectivity index (χ0v) is 18.3. The van der Waals surface area contributed by atoms with Gasteiger partial charge in [-0.1, -0.05) is 44.2 Å². The Morgan fingerprint density at radius 1 is 1.10 bits per heavy atom. The van der Waals surface area contributed by atoms with Gasteiger partial charge in [-0.3, -0.25) is 4.79 Å². The number of ether oxygens (including phenoxy) is 1. The summed E-state index contributed by atoms with van der Waals surface area (Å²) in [5.41, 5.74) is 2.79. The molecule has 158 valence electrons. The van der Waals surface area contributed by atoms with Crippen LogP contribution in [0.4, 0.5) is 0 Å². The second-order valence-corrected chi connectivity index (χ2v) is 7.86. The predicted molar refractivity (Wildman–Crippen MR) is 120 cm³/mol. The number of carbonyl (C=O) groups is 1. The van der Waals surface area contributed by atoms with E-state index in [1.165, 1.54) is 0 Å². The van der Waals surface area contributed by atoms with Gasteiger partial charge in [-0.25, -0.2) is 4.68 Å². The number of hydrogen-bond donors (Lipinski definition) is 1. The number of para-hydroxylation sites is 2. The fraction of sp³-hybridized carbons (Fsp3) is 0.333. The molecule has 30 heavy (non-hydrogen) atoms. The molecule has 0 saturated carbocycles. The largest absolute Gasteiger partial charge is 0.496 e. The van der Waals surface area contributed by atoms with Crippen LogP contribution in [0.5, 0.6) is 5.75 Å². The van der Waals surface area contributed by atoms with Crippen molar-refractivity contribution in [1.29, 1.82) is 0 Å². The minimum atomic E-state index is -0.148. The van der Waals surface area contributed by atoms with E-state index < -0.39 is 0 Å². The van der Waals surface area contributed by atoms with Crippen molar-refractivity contribution in [3.8, 4) is 22.7 Å². The van der Waals surface area contributed by atoms with E-state index >= 15 is 0 Å². The van der Waals surface area contributed by atoms with E-state index in [9.17, 15) is 4.79 Å². The molecule has 3 aromatic rings. The molecule has 2 aromatic carbocycles. The standard InChI is InChI=1S/C24H30N4O2/c1-17(2)21(27(3)4)15-25-24(29)20-16-28(18-11-7-6-8-12-18)26-23(20)19-13-9-10-14-22(19)30-5/h6-14,16-17,21H,15H2,1-5H3,(H,25,29). The van der Waals surface area contributed by atoms with Gasteiger partial charge in [-0.2, -0.15) is 5.10 Å². The van der Waals surface area contributed by atoms with Gasteiger partial charge in [0.1, 0.15) is 11.4 Å². The van der Waals surface area contributed by atoms with Crippen molar-refractivity contribution in [2.75, 3.05) is 27.7 Å². The quantitative estimate of drug-likeness (QED) is 0.617. The predicted octanol–water partition coefficient (Wildman–Crippen LogP) is 3.86. The van der Waals surface area contributed by atoms with Crippen LogP contribution in [-0.4, -0.2) is 54.4 Å². The molecule has 0 aliphatic rings. The normalized spacial score (nSPS) is 12.2. The third-order valence-corrected chi connectivity index (χ3v) is 5.25. The fourth-order valence-electron chi connectivity index (χ4n) is 3.60. The monoisotopic (exact) mass is 406 g/mol. The summed E-state index contributed by atoms with van der Waals surface area (Å²) in [5.74, 6) is 0.949. The summed E-state index contributed by atoms with van der Waals surface area (Å²) in [6.45, 7) is 4.88. The minimum absolute atomic E-state index is 0.148. The Morgan fingerprint density at radius 2 is 1.77 bits per heavy atom. The van der Waals surface area contributed by atoms with Crippen LogP contribution in [0.25, 0.3) is 16.9 Å². The van der Waals surface area contributed by atoms with E-state index in [-0.39, 0.29) is 11.9 Å². The van der Waals surface area contributed by atoms with E-state index in [4.69, 9.17) is 9.84 Å². The van der Waals surface area contributed by atoms with Gasteiger partial charge in [0, 0.05) is 24.3 Å². The first kappa shape index (κ1) is 21.6. The van der Waals surface area contributed by atoms with Gasteiger partial charge in [0.15, 0.2) is 0 Å². The Balaban J connectivity index is 1.99. The van der Waals surface area contributed by atoms with Gasteiger partial charge in [0.25, 0.3) is 5.91 Å². The van der Waals surface area contributed by atoms with Crippen molar-refractivity contribution in [3.05, 3.63) is 66.4 Å². The first-order chi connectivity index (χ1) is 14.4. The Kier molecular flexibility index (Phi) is 6.90. The average Bonchev–Trinajstić information content (AvgIpc) is 3.19. The highest BCUT2D eigenvalue weighted by atomic mass is 16.5. The topological polar surface area (TPSA) is 59.4 Å². The molecular formula is C24H30N4O2. The van der Waals surface area contributed by atoms with Crippen molar-refractivity contribution in [2.24, 2.45) is 5.92 Å². The summed E-state index contributed by atoms with van der Waals surface area (Å²) in [7, 11) is 5.69. The Bertz CT molecular complexity index is 972. The van der Waals surface area contributed by atoms with Crippen LogP contribution in [0, 0.1) is 5.92 Å². The molecule has 1 N–H and O–H groups in total. The second-order valence-electron chi connectivity index (χ2n) is 7.86. The first-order valence-corrected chi connectivity index (χ1v) is 10.2. The lowest BCUT2D eigenvalue weighted by Crippen LogP contribution is -2.43. The number of amides is 1. The van der Waals surface area contributed by atoms with Crippen molar-refractivity contribution < 1.29 is 9.53 Å². The lowest BCUT2D eigenvalue weighted by molar-refractivity contribution is 0.0935. The SMILES string of the molecule is COc1ccccc1-c1nn(-c2ccccc2)cc1C(=O)NCC(C(C)C)N(C)C. The molecule has 3 rings (SSSR count). The highest BCUT2D eigenvalue weighted by Gasteiger charge is 2.23. The van der Waals surface area contributed by atoms with Gasteiger partial charge >= 0.3 is 0 Å². The highest BCUT2D eigenvalue weighted by Crippen LogP contribution is 2.31. The number of benzene rings is 2. The molecule has 1 unspecified atom stereocenters. The van der Waals surface area contributed by atoms with Gasteiger partial charge < -0.3 is 15.0 Å². The number of methoxy groups -OCH3 is 1. The van der Waals surface area contributed by atoms with Crippen LogP contribution >= 0.6 is 0 Å². The number of hydrogen-bond acceptors (Lipinski definition) is 4. The lowest BCUT2D eigenvalue weighted by Gasteiger charge is -2.28. The molecular weight excluding hydrogens is 376 g/mol. The van der Waals surface area contributed by atoms with Gasteiger partial charge in [-0.15, -0.1) is 0 Å². The number of carbonyl (C=O) groups excluding carboxylic acids is 1. The van der Waals surface area contributed by atoms with Gasteiger partial charge in [0.2, 0.25) is 0 Å². The van der Waals surface area contributed by atoms with Crippen LogP contribution in [0.1, 0.15) is 24.2 Å². The summed E-state index contributed by atoms with van der Waals surface area (Å²) >= 11 is 0. The molecule has 1 amide bonds. The molecule has 0 bridgehead atoms. The number of aromatic nitrogens is 2. The Labute approximate surface area is 178 Å². The average molecular weight is 407 g/mol. The van der Waals surface area contributed by atoms with Gasteiger partial charge in [-0.05, 0) is 44.3 Å². The van der Waals surface area contributed by atoms with Crippen molar-refractivity contribution in [3.63, 3.8) is 0 Å². The molecule has 0 spiro atoms.